The summed E-state index contributed by atoms with van der Waals surface area (Å²) in [5.41, 5.74) is 2.51. The van der Waals surface area contributed by atoms with Crippen LogP contribution in [0.5, 0.6) is 5.75 Å². The van der Waals surface area contributed by atoms with E-state index in [0.717, 1.165) is 44.8 Å². The van der Waals surface area contributed by atoms with Crippen LogP contribution in [0.4, 0.5) is 0 Å². The van der Waals surface area contributed by atoms with Gasteiger partial charge in [0.2, 0.25) is 0 Å². The normalized spacial score (nSPS) is 21.6. The van der Waals surface area contributed by atoms with Crippen LogP contribution in [0, 0.1) is 17.8 Å². The maximum Gasteiger partial charge on any atom is 0.341 e. The second-order valence-corrected chi connectivity index (χ2v) is 7.95. The number of carbonyl (C=O) groups is 2. The third-order valence-corrected chi connectivity index (χ3v) is 6.16. The molecular weight excluding hydrogens is 414 g/mol. The van der Waals surface area contributed by atoms with Gasteiger partial charge in [0.25, 0.3) is 0 Å². The van der Waals surface area contributed by atoms with E-state index in [1.54, 1.807) is 7.05 Å². The number of hydrogen-bond acceptors (Lipinski definition) is 7. The lowest BCUT2D eigenvalue weighted by atomic mass is 9.74. The van der Waals surface area contributed by atoms with Gasteiger partial charge in [0.1, 0.15) is 24.9 Å². The van der Waals surface area contributed by atoms with Crippen molar-refractivity contribution in [2.75, 3.05) is 34.0 Å². The number of carboxylic acid groups (broad SMARTS) is 1. The monoisotopic (exact) mass is 453 g/mol. The van der Waals surface area contributed by atoms with Crippen LogP contribution in [-0.2, 0) is 27.2 Å². The number of aliphatic hydroxyl groups excluding tert-OH is 2. The molecule has 8 nitrogen and oxygen atoms in total. The van der Waals surface area contributed by atoms with E-state index in [2.05, 4.69) is 16.1 Å². The summed E-state index contributed by atoms with van der Waals surface area (Å²) in [6.45, 7) is 2.42. The van der Waals surface area contributed by atoms with E-state index in [1.807, 2.05) is 19.1 Å². The van der Waals surface area contributed by atoms with Crippen LogP contribution in [0.2, 0.25) is 0 Å². The number of fused-ring (bicyclic) bond motifs is 2. The maximum absolute atomic E-state index is 10.8. The number of carboxylic acids is 1. The van der Waals surface area contributed by atoms with Crippen LogP contribution < -0.4 is 10.1 Å². The molecule has 4 unspecified atom stereocenters. The molecule has 4 atom stereocenters. The Bertz CT molecular complexity index is 682. The molecular formula is C24H39NO7. The van der Waals surface area contributed by atoms with Gasteiger partial charge in [-0.3, -0.25) is 5.32 Å². The third-order valence-electron chi connectivity index (χ3n) is 6.16. The van der Waals surface area contributed by atoms with Crippen LogP contribution in [0.1, 0.15) is 43.7 Å². The van der Waals surface area contributed by atoms with E-state index in [4.69, 9.17) is 14.9 Å². The van der Waals surface area contributed by atoms with E-state index in [0.29, 0.717) is 24.4 Å². The fourth-order valence-electron chi connectivity index (χ4n) is 4.69. The molecule has 32 heavy (non-hydrogen) atoms. The van der Waals surface area contributed by atoms with E-state index >= 15 is 0 Å². The lowest BCUT2D eigenvalue weighted by molar-refractivity contribution is -0.139. The van der Waals surface area contributed by atoms with Crippen molar-refractivity contribution in [2.24, 2.45) is 17.8 Å². The second-order valence-electron chi connectivity index (χ2n) is 7.95. The maximum atomic E-state index is 10.8. The van der Waals surface area contributed by atoms with E-state index in [-0.39, 0.29) is 13.2 Å². The smallest absolute Gasteiger partial charge is 0.341 e. The van der Waals surface area contributed by atoms with E-state index in [1.165, 1.54) is 24.0 Å². The van der Waals surface area contributed by atoms with Crippen molar-refractivity contribution >= 4 is 12.3 Å². The molecule has 0 spiro atoms. The lowest BCUT2D eigenvalue weighted by Crippen LogP contribution is -2.28. The van der Waals surface area contributed by atoms with Crippen LogP contribution in [0.3, 0.4) is 0 Å². The van der Waals surface area contributed by atoms with Crippen molar-refractivity contribution < 1.29 is 34.4 Å². The predicted octanol–water partition coefficient (Wildman–Crippen LogP) is 2.04. The molecule has 0 amide bonds. The predicted molar refractivity (Wildman–Crippen MR) is 122 cm³/mol. The van der Waals surface area contributed by atoms with Gasteiger partial charge in [0.15, 0.2) is 6.61 Å². The zero-order valence-electron chi connectivity index (χ0n) is 19.5. The van der Waals surface area contributed by atoms with Gasteiger partial charge in [-0.05, 0) is 87.4 Å². The molecule has 2 aliphatic carbocycles. The second kappa shape index (κ2) is 15.7. The zero-order valence-corrected chi connectivity index (χ0v) is 19.5. The summed E-state index contributed by atoms with van der Waals surface area (Å²) in [5, 5.41) is 28.5. The molecule has 1 aromatic rings. The average Bonchev–Trinajstić information content (AvgIpc) is 3.21. The van der Waals surface area contributed by atoms with E-state index in [9.17, 15) is 14.7 Å². The highest BCUT2D eigenvalue weighted by Crippen LogP contribution is 2.48. The van der Waals surface area contributed by atoms with Crippen LogP contribution >= 0.6 is 0 Å². The number of nitrogens with one attached hydrogen (secondary N) is 1. The summed E-state index contributed by atoms with van der Waals surface area (Å²) < 4.78 is 10.1. The molecule has 2 aliphatic rings. The Morgan fingerprint density at radius 2 is 2.03 bits per heavy atom. The van der Waals surface area contributed by atoms with Gasteiger partial charge in [0, 0.05) is 13.7 Å². The number of aliphatic carboxylic acids is 1. The van der Waals surface area contributed by atoms with Gasteiger partial charge in [0.05, 0.1) is 0 Å². The Balaban J connectivity index is 0.000000556. The first-order valence-electron chi connectivity index (χ1n) is 11.3. The van der Waals surface area contributed by atoms with Crippen molar-refractivity contribution in [3.05, 3.63) is 29.3 Å². The van der Waals surface area contributed by atoms with Crippen molar-refractivity contribution in [3.8, 4) is 5.75 Å². The first kappa shape index (κ1) is 28.0. The van der Waals surface area contributed by atoms with E-state index < -0.39 is 12.2 Å². The molecule has 1 aromatic carbocycles. The largest absolute Gasteiger partial charge is 0.482 e. The highest BCUT2D eigenvalue weighted by atomic mass is 16.5. The first-order valence-corrected chi connectivity index (χ1v) is 11.3. The minimum absolute atomic E-state index is 0.233. The van der Waals surface area contributed by atoms with Crippen LogP contribution in [-0.4, -0.2) is 67.8 Å². The van der Waals surface area contributed by atoms with Crippen molar-refractivity contribution in [1.29, 1.82) is 0 Å². The fourth-order valence-corrected chi connectivity index (χ4v) is 4.69. The number of aldehydes is 1. The number of ether oxygens (including phenoxy) is 2. The van der Waals surface area contributed by atoms with Gasteiger partial charge < -0.3 is 29.6 Å². The molecule has 8 heteroatoms. The Hall–Kier alpha value is -2.00. The third kappa shape index (κ3) is 8.86. The van der Waals surface area contributed by atoms with Crippen molar-refractivity contribution in [3.63, 3.8) is 0 Å². The number of benzene rings is 1. The molecule has 0 aromatic heterocycles. The molecule has 4 N–H and O–H groups in total. The van der Waals surface area contributed by atoms with Crippen LogP contribution in [0.15, 0.2) is 18.2 Å². The molecule has 0 bridgehead atoms. The Kier molecular flexibility index (Phi) is 13.8. The Morgan fingerprint density at radius 1 is 1.28 bits per heavy atom. The summed E-state index contributed by atoms with van der Waals surface area (Å²) in [4.78, 5) is 20.2. The molecule has 1 fully saturated rings. The quantitative estimate of drug-likeness (QED) is 0.241. The van der Waals surface area contributed by atoms with Gasteiger partial charge in [-0.2, -0.15) is 0 Å². The molecule has 1 saturated carbocycles. The number of carbonyl (C=O) groups excluding carboxylic acids is 1. The van der Waals surface area contributed by atoms with Gasteiger partial charge in [-0.1, -0.05) is 12.1 Å². The highest BCUT2D eigenvalue weighted by molar-refractivity contribution is 5.68. The molecule has 0 aliphatic heterocycles. The lowest BCUT2D eigenvalue weighted by Gasteiger charge is -2.32. The molecule has 0 heterocycles. The summed E-state index contributed by atoms with van der Waals surface area (Å²) in [7, 11) is 2.79. The Morgan fingerprint density at radius 3 is 2.62 bits per heavy atom. The van der Waals surface area contributed by atoms with Crippen molar-refractivity contribution in [2.45, 2.75) is 51.7 Å². The van der Waals surface area contributed by atoms with Gasteiger partial charge in [-0.15, -0.1) is 0 Å². The summed E-state index contributed by atoms with van der Waals surface area (Å²) >= 11 is 0. The SMILES string of the molecule is CCOCC=O.CNC(O)CCC1CCC2Cc3c(cccc3OCC(=O)O)CC12.CO. The minimum Gasteiger partial charge on any atom is -0.482 e. The summed E-state index contributed by atoms with van der Waals surface area (Å²) in [6.07, 6.45) is 6.68. The van der Waals surface area contributed by atoms with Crippen molar-refractivity contribution in [1.82, 2.24) is 5.32 Å². The number of rotatable bonds is 10. The molecule has 3 rings (SSSR count). The van der Waals surface area contributed by atoms with Gasteiger partial charge in [-0.25, -0.2) is 4.79 Å². The average molecular weight is 454 g/mol. The molecule has 0 saturated heterocycles. The Labute approximate surface area is 190 Å². The number of hydrogen-bond donors (Lipinski definition) is 4. The topological polar surface area (TPSA) is 125 Å². The highest BCUT2D eigenvalue weighted by Gasteiger charge is 2.39. The standard InChI is InChI=1S/C19H27NO4.C4H8O2.CH4O/c1-20-18(21)8-7-12-5-6-14-10-16-13(9-15(12)14)3-2-4-17(16)24-11-19(22)23;1-2-6-4-3-5;1-2/h2-4,12,14-15,18,20-21H,5-11H2,1H3,(H,22,23);3H,2,4H2,1H3;2H,1H3. The minimum atomic E-state index is -0.940. The number of aliphatic hydroxyl groups is 2. The first-order chi connectivity index (χ1) is 15.5. The molecule has 182 valence electrons. The summed E-state index contributed by atoms with van der Waals surface area (Å²) in [5.74, 6) is 1.81. The molecule has 0 radical (unpaired) electrons. The van der Waals surface area contributed by atoms with Gasteiger partial charge >= 0.3 is 5.97 Å². The fraction of sp³-hybridized carbons (Fsp3) is 0.667. The summed E-state index contributed by atoms with van der Waals surface area (Å²) in [6, 6.07) is 6.00. The zero-order chi connectivity index (χ0) is 23.9. The van der Waals surface area contributed by atoms with Crippen LogP contribution in [0.25, 0.3) is 0 Å².